The first-order valence-electron chi connectivity index (χ1n) is 24.3. The minimum Gasteiger partial charge on any atom is -0.457 e. The molecular formula is C52H64N10O11. The maximum absolute atomic E-state index is 14.3. The second kappa shape index (κ2) is 28.1. The summed E-state index contributed by atoms with van der Waals surface area (Å²) in [4.78, 5) is 113. The molecular weight excluding hydrogens is 941 g/mol. The lowest BCUT2D eigenvalue weighted by Gasteiger charge is -2.35. The van der Waals surface area contributed by atoms with Crippen LogP contribution in [0.25, 0.3) is 0 Å². The average Bonchev–Trinajstić information content (AvgIpc) is 3.38. The lowest BCUT2D eigenvalue weighted by Crippen LogP contribution is -2.52. The standard InChI is InChI=1S/C52H64N10O11/c53-45(63)23-21-43(57-51(69)71-35-37-9-3-1-4-10-37)49(67)61-27-7-25-59-29-31-60(32-30-59)26-8-28-62(50(68)44(22-24-46(54)64)58-52(70)72-36-38-11-5-2-6-12-38)34-48(66)56-40-15-19-42(20-16-40)73-41-17-13-39(14-18-41)55-47(65)33-61/h1-6,9-20,43-44H,7-8,21-36H2,(H2,53,63)(H2,54,64)(H,55,65)(H,56,66)(H,57,69)(H,58,70)/t43-,44-/m0/s1. The Morgan fingerprint density at radius 2 is 0.890 bits per heavy atom. The van der Waals surface area contributed by atoms with Crippen molar-refractivity contribution < 1.29 is 52.6 Å². The van der Waals surface area contributed by atoms with Gasteiger partial charge >= 0.3 is 12.2 Å². The average molecular weight is 1010 g/mol. The van der Waals surface area contributed by atoms with Crippen LogP contribution in [0.1, 0.15) is 49.7 Å². The predicted octanol–water partition coefficient (Wildman–Crippen LogP) is 3.55. The molecule has 1 saturated heterocycles. The number of carbonyl (C=O) groups excluding carboxylic acids is 8. The van der Waals surface area contributed by atoms with E-state index in [-0.39, 0.29) is 65.1 Å². The normalized spacial score (nSPS) is 17.6. The molecule has 388 valence electrons. The van der Waals surface area contributed by atoms with Gasteiger partial charge < -0.3 is 66.5 Å². The van der Waals surface area contributed by atoms with Gasteiger partial charge in [-0.15, -0.1) is 0 Å². The van der Waals surface area contributed by atoms with E-state index in [1.165, 1.54) is 9.80 Å². The molecule has 0 aromatic heterocycles. The number of nitrogens with one attached hydrogen (secondary N) is 4. The minimum absolute atomic E-state index is 0.0527. The first-order chi connectivity index (χ1) is 35.3. The van der Waals surface area contributed by atoms with Crippen molar-refractivity contribution in [2.45, 2.75) is 63.8 Å². The van der Waals surface area contributed by atoms with Gasteiger partial charge in [0.1, 0.15) is 36.8 Å². The number of amides is 8. The van der Waals surface area contributed by atoms with Crippen LogP contribution in [0.15, 0.2) is 109 Å². The Balaban J connectivity index is 1.16. The molecule has 73 heavy (non-hydrogen) atoms. The van der Waals surface area contributed by atoms with Gasteiger partial charge in [-0.05, 0) is 98.4 Å². The molecule has 21 nitrogen and oxygen atoms in total. The van der Waals surface area contributed by atoms with E-state index in [0.29, 0.717) is 75.0 Å². The third kappa shape index (κ3) is 18.9. The highest BCUT2D eigenvalue weighted by molar-refractivity contribution is 5.97. The van der Waals surface area contributed by atoms with Crippen LogP contribution in [0.3, 0.4) is 0 Å². The highest BCUT2D eigenvalue weighted by Crippen LogP contribution is 2.25. The molecule has 0 spiro atoms. The Kier molecular flexibility index (Phi) is 20.9. The van der Waals surface area contributed by atoms with Gasteiger partial charge in [0, 0.05) is 63.5 Å². The minimum atomic E-state index is -1.22. The van der Waals surface area contributed by atoms with E-state index < -0.39 is 59.7 Å². The molecule has 5 aliphatic heterocycles. The number of alkyl carbamates (subject to hydrolysis) is 2. The number of rotatable bonds is 14. The number of carbonyl (C=O) groups is 8. The second-order valence-corrected chi connectivity index (χ2v) is 17.7. The van der Waals surface area contributed by atoms with E-state index in [1.54, 1.807) is 97.1 Å². The number of primary amides is 2. The van der Waals surface area contributed by atoms with Crippen LogP contribution in [-0.4, -0.2) is 145 Å². The molecule has 8 amide bonds. The Morgan fingerprint density at radius 1 is 0.521 bits per heavy atom. The maximum atomic E-state index is 14.3. The van der Waals surface area contributed by atoms with Gasteiger partial charge in [0.15, 0.2) is 0 Å². The molecule has 0 saturated carbocycles. The van der Waals surface area contributed by atoms with Crippen LogP contribution in [-0.2, 0) is 51.5 Å². The molecule has 4 aromatic carbocycles. The van der Waals surface area contributed by atoms with E-state index in [1.807, 2.05) is 12.1 Å². The molecule has 4 aromatic rings. The Bertz CT molecular complexity index is 2300. The van der Waals surface area contributed by atoms with Crippen molar-refractivity contribution in [1.29, 1.82) is 0 Å². The molecule has 1 fully saturated rings. The van der Waals surface area contributed by atoms with Crippen molar-refractivity contribution in [1.82, 2.24) is 30.2 Å². The molecule has 8 N–H and O–H groups in total. The van der Waals surface area contributed by atoms with E-state index in [2.05, 4.69) is 31.1 Å². The third-order valence-corrected chi connectivity index (χ3v) is 12.0. The summed E-state index contributed by atoms with van der Waals surface area (Å²) >= 11 is 0. The number of hydrogen-bond acceptors (Lipinski definition) is 13. The number of ether oxygens (including phenoxy) is 3. The fourth-order valence-electron chi connectivity index (χ4n) is 8.18. The summed E-state index contributed by atoms with van der Waals surface area (Å²) in [6.07, 6.45) is -1.45. The molecule has 9 rings (SSSR count). The zero-order valence-electron chi connectivity index (χ0n) is 40.7. The molecule has 2 atom stereocenters. The smallest absolute Gasteiger partial charge is 0.408 e. The Morgan fingerprint density at radius 3 is 1.25 bits per heavy atom. The van der Waals surface area contributed by atoms with Crippen LogP contribution in [0.5, 0.6) is 11.5 Å². The summed E-state index contributed by atoms with van der Waals surface area (Å²) in [5.41, 5.74) is 13.2. The number of nitrogens with zero attached hydrogens (tertiary/aromatic N) is 4. The van der Waals surface area contributed by atoms with Crippen molar-refractivity contribution >= 4 is 59.0 Å². The molecule has 21 heteroatoms. The molecule has 0 radical (unpaired) electrons. The fourth-order valence-corrected chi connectivity index (χ4v) is 8.18. The Hall–Kier alpha value is -8.04. The number of fused-ring (bicyclic) bond motifs is 3. The highest BCUT2D eigenvalue weighted by atomic mass is 16.6. The largest absolute Gasteiger partial charge is 0.457 e. The van der Waals surface area contributed by atoms with E-state index in [9.17, 15) is 38.4 Å². The summed E-state index contributed by atoms with van der Waals surface area (Å²) in [5.74, 6) is -2.63. The van der Waals surface area contributed by atoms with Gasteiger partial charge in [0.2, 0.25) is 35.4 Å². The van der Waals surface area contributed by atoms with E-state index in [0.717, 1.165) is 11.1 Å². The van der Waals surface area contributed by atoms with Crippen LogP contribution < -0.4 is 37.5 Å². The second-order valence-electron chi connectivity index (χ2n) is 17.7. The van der Waals surface area contributed by atoms with Crippen molar-refractivity contribution in [2.75, 3.05) is 76.1 Å². The van der Waals surface area contributed by atoms with Crippen molar-refractivity contribution in [2.24, 2.45) is 11.5 Å². The van der Waals surface area contributed by atoms with Crippen LogP contribution in [0, 0.1) is 0 Å². The molecule has 5 aliphatic rings. The van der Waals surface area contributed by atoms with E-state index >= 15 is 0 Å². The fraction of sp³-hybridized carbons (Fsp3) is 0.385. The van der Waals surface area contributed by atoms with Crippen LogP contribution in [0.2, 0.25) is 0 Å². The maximum Gasteiger partial charge on any atom is 0.408 e. The zero-order valence-corrected chi connectivity index (χ0v) is 40.7. The highest BCUT2D eigenvalue weighted by Gasteiger charge is 2.31. The van der Waals surface area contributed by atoms with Gasteiger partial charge in [0.25, 0.3) is 0 Å². The number of piperazine rings is 1. The number of hydrogen-bond donors (Lipinski definition) is 6. The lowest BCUT2D eigenvalue weighted by atomic mass is 10.1. The first kappa shape index (κ1) is 54.3. The number of anilines is 2. The lowest BCUT2D eigenvalue weighted by molar-refractivity contribution is -0.137. The quantitative estimate of drug-likeness (QED) is 0.106. The van der Waals surface area contributed by atoms with Gasteiger partial charge in [-0.3, -0.25) is 28.8 Å². The molecule has 6 bridgehead atoms. The monoisotopic (exact) mass is 1000 g/mol. The number of benzene rings is 4. The van der Waals surface area contributed by atoms with Crippen molar-refractivity contribution in [3.05, 3.63) is 120 Å². The van der Waals surface area contributed by atoms with Crippen LogP contribution in [0.4, 0.5) is 21.0 Å². The SMILES string of the molecule is NC(=O)CC[C@H](NC(=O)OCc1ccccc1)C(=O)N1CCCN2CCN(CCCN(C(=O)[C@H](CCC(N)=O)NC(=O)OCc3ccccc3)CC(=O)Nc3ccc(cc3)Oc3ccc(cc3)NC(=O)C1)CC2. The van der Waals surface area contributed by atoms with Gasteiger partial charge in [-0.2, -0.15) is 0 Å². The summed E-state index contributed by atoms with van der Waals surface area (Å²) in [7, 11) is 0. The van der Waals surface area contributed by atoms with Gasteiger partial charge in [-0.1, -0.05) is 60.7 Å². The van der Waals surface area contributed by atoms with Crippen molar-refractivity contribution in [3.63, 3.8) is 0 Å². The van der Waals surface area contributed by atoms with Gasteiger partial charge in [0.05, 0.1) is 13.1 Å². The van der Waals surface area contributed by atoms with Gasteiger partial charge in [-0.25, -0.2) is 9.59 Å². The first-order valence-corrected chi connectivity index (χ1v) is 24.3. The summed E-state index contributed by atoms with van der Waals surface area (Å²) in [6.45, 7) is 3.33. The number of nitrogens with two attached hydrogens (primary N) is 2. The molecule has 0 unspecified atom stereocenters. The molecule has 5 heterocycles. The summed E-state index contributed by atoms with van der Waals surface area (Å²) < 4.78 is 16.8. The topological polar surface area (TPSA) is 277 Å². The summed E-state index contributed by atoms with van der Waals surface area (Å²) in [5, 5.41) is 10.8. The van der Waals surface area contributed by atoms with Crippen molar-refractivity contribution in [3.8, 4) is 11.5 Å². The van der Waals surface area contributed by atoms with E-state index in [4.69, 9.17) is 25.7 Å². The van der Waals surface area contributed by atoms with Crippen LogP contribution >= 0.6 is 0 Å². The summed E-state index contributed by atoms with van der Waals surface area (Å²) in [6, 6.07) is 28.7. The predicted molar refractivity (Wildman–Crippen MR) is 269 cm³/mol. The third-order valence-electron chi connectivity index (χ3n) is 12.0. The Labute approximate surface area is 423 Å². The zero-order chi connectivity index (χ0) is 52.0. The molecule has 0 aliphatic carbocycles.